The minimum Gasteiger partial charge on any atom is -0.466 e. The summed E-state index contributed by atoms with van der Waals surface area (Å²) in [6, 6.07) is 0. The quantitative estimate of drug-likeness (QED) is 0.289. The Morgan fingerprint density at radius 2 is 1.94 bits per heavy atom. The van der Waals surface area contributed by atoms with E-state index in [9.17, 15) is 9.59 Å². The van der Waals surface area contributed by atoms with E-state index < -0.39 is 11.9 Å². The molecule has 0 aromatic heterocycles. The topological polar surface area (TPSA) is 76.7 Å². The molecule has 0 saturated heterocycles. The van der Waals surface area contributed by atoms with Crippen LogP contribution in [0.5, 0.6) is 0 Å². The molecular weight excluding hydrogens is 232 g/mol. The van der Waals surface area contributed by atoms with Crippen molar-refractivity contribution in [3.05, 3.63) is 12.2 Å². The van der Waals surface area contributed by atoms with Gasteiger partial charge >= 0.3 is 11.9 Å². The van der Waals surface area contributed by atoms with Crippen molar-refractivity contribution in [2.45, 2.75) is 0 Å². The number of ether oxygens (including phenoxy) is 2. The predicted molar refractivity (Wildman–Crippen MR) is 61.8 cm³/mol. The van der Waals surface area contributed by atoms with Gasteiger partial charge in [-0.1, -0.05) is 0 Å². The van der Waals surface area contributed by atoms with Crippen molar-refractivity contribution in [1.29, 1.82) is 0 Å². The minimum atomic E-state index is -0.609. The van der Waals surface area contributed by atoms with Gasteiger partial charge < -0.3 is 20.1 Å². The Hall–Kier alpha value is -1.63. The van der Waals surface area contributed by atoms with Crippen molar-refractivity contribution in [2.24, 2.45) is 0 Å². The van der Waals surface area contributed by atoms with Crippen molar-refractivity contribution in [3.8, 4) is 0 Å². The third kappa shape index (κ3) is 7.74. The molecule has 0 saturated carbocycles. The van der Waals surface area contributed by atoms with Gasteiger partial charge in [-0.05, 0) is 12.2 Å². The van der Waals surface area contributed by atoms with E-state index in [1.54, 1.807) is 7.05 Å². The first-order chi connectivity index (χ1) is 7.60. The number of hydrogen-bond acceptors (Lipinski definition) is 5. The van der Waals surface area contributed by atoms with Gasteiger partial charge in [-0.3, -0.25) is 0 Å². The third-order valence-corrected chi connectivity index (χ3v) is 1.76. The number of thiocarbonyl (C=S) groups is 1. The molecule has 0 aromatic carbocycles. The van der Waals surface area contributed by atoms with Crippen molar-refractivity contribution in [2.75, 3.05) is 27.3 Å². The predicted octanol–water partition coefficient (Wildman–Crippen LogP) is -0.647. The Morgan fingerprint density at radius 3 is 2.50 bits per heavy atom. The van der Waals surface area contributed by atoms with Gasteiger partial charge in [-0.25, -0.2) is 9.59 Å². The van der Waals surface area contributed by atoms with Crippen LogP contribution in [0.3, 0.4) is 0 Å². The average Bonchev–Trinajstić information content (AvgIpc) is 2.31. The van der Waals surface area contributed by atoms with Crippen LogP contribution < -0.4 is 10.6 Å². The molecule has 6 nitrogen and oxygen atoms in total. The van der Waals surface area contributed by atoms with Gasteiger partial charge in [0.05, 0.1) is 13.7 Å². The van der Waals surface area contributed by atoms with Crippen molar-refractivity contribution in [1.82, 2.24) is 10.6 Å². The van der Waals surface area contributed by atoms with Gasteiger partial charge in [0.25, 0.3) is 0 Å². The second-order valence-corrected chi connectivity index (χ2v) is 2.94. The molecule has 0 atom stereocenters. The van der Waals surface area contributed by atoms with Crippen LogP contribution in [-0.2, 0) is 19.1 Å². The Balaban J connectivity index is 3.62. The zero-order chi connectivity index (χ0) is 12.4. The summed E-state index contributed by atoms with van der Waals surface area (Å²) >= 11 is 4.80. The third-order valence-electron chi connectivity index (χ3n) is 1.42. The largest absolute Gasteiger partial charge is 0.466 e. The highest BCUT2D eigenvalue weighted by atomic mass is 32.1. The van der Waals surface area contributed by atoms with Gasteiger partial charge in [0.15, 0.2) is 5.11 Å². The van der Waals surface area contributed by atoms with E-state index in [0.29, 0.717) is 11.7 Å². The van der Waals surface area contributed by atoms with Gasteiger partial charge in [-0.15, -0.1) is 0 Å². The van der Waals surface area contributed by atoms with Crippen LogP contribution in [-0.4, -0.2) is 44.4 Å². The highest BCUT2D eigenvalue weighted by Crippen LogP contribution is 1.83. The number of hydrogen-bond donors (Lipinski definition) is 2. The summed E-state index contributed by atoms with van der Waals surface area (Å²) in [5.41, 5.74) is 0. The first kappa shape index (κ1) is 14.4. The molecule has 16 heavy (non-hydrogen) atoms. The summed E-state index contributed by atoms with van der Waals surface area (Å²) < 4.78 is 9.05. The normalized spacial score (nSPS) is 9.62. The summed E-state index contributed by atoms with van der Waals surface area (Å²) in [5.74, 6) is -1.21. The lowest BCUT2D eigenvalue weighted by molar-refractivity contribution is -0.139. The van der Waals surface area contributed by atoms with Gasteiger partial charge in [0, 0.05) is 19.2 Å². The van der Waals surface area contributed by atoms with E-state index >= 15 is 0 Å². The molecule has 0 spiro atoms. The zero-order valence-corrected chi connectivity index (χ0v) is 9.93. The van der Waals surface area contributed by atoms with E-state index in [-0.39, 0.29) is 6.61 Å². The van der Waals surface area contributed by atoms with Crippen molar-refractivity contribution < 1.29 is 19.1 Å². The summed E-state index contributed by atoms with van der Waals surface area (Å²) in [7, 11) is 2.90. The van der Waals surface area contributed by atoms with Gasteiger partial charge in [0.1, 0.15) is 6.61 Å². The maximum Gasteiger partial charge on any atom is 0.331 e. The molecule has 7 heteroatoms. The second-order valence-electron chi connectivity index (χ2n) is 2.53. The SMILES string of the molecule is CNC(=S)NCCOC(=O)/C=C/C(=O)OC. The van der Waals surface area contributed by atoms with Crippen LogP contribution >= 0.6 is 12.2 Å². The molecule has 0 unspecified atom stereocenters. The molecule has 0 aliphatic heterocycles. The fraction of sp³-hybridized carbons (Fsp3) is 0.444. The fourth-order valence-electron chi connectivity index (χ4n) is 0.657. The first-order valence-corrected chi connectivity index (χ1v) is 4.89. The molecule has 0 amide bonds. The Bertz CT molecular complexity index is 291. The Kier molecular flexibility index (Phi) is 7.78. The van der Waals surface area contributed by atoms with E-state index in [2.05, 4.69) is 15.4 Å². The number of carbonyl (C=O) groups excluding carboxylic acids is 2. The Morgan fingerprint density at radius 1 is 1.31 bits per heavy atom. The lowest BCUT2D eigenvalue weighted by atomic mass is 10.5. The van der Waals surface area contributed by atoms with E-state index in [4.69, 9.17) is 17.0 Å². The molecule has 0 aromatic rings. The highest BCUT2D eigenvalue weighted by molar-refractivity contribution is 7.80. The van der Waals surface area contributed by atoms with Crippen LogP contribution in [0.15, 0.2) is 12.2 Å². The maximum absolute atomic E-state index is 11.0. The first-order valence-electron chi connectivity index (χ1n) is 4.48. The Labute approximate surface area is 99.0 Å². The summed E-state index contributed by atoms with van der Waals surface area (Å²) in [6.45, 7) is 0.559. The molecule has 0 heterocycles. The smallest absolute Gasteiger partial charge is 0.331 e. The van der Waals surface area contributed by atoms with Gasteiger partial charge in [0.2, 0.25) is 0 Å². The monoisotopic (exact) mass is 246 g/mol. The molecule has 0 aliphatic carbocycles. The molecule has 0 fully saturated rings. The summed E-state index contributed by atoms with van der Waals surface area (Å²) in [5, 5.41) is 5.97. The fourth-order valence-corrected chi connectivity index (χ4v) is 0.759. The van der Waals surface area contributed by atoms with Crippen LogP contribution in [0.2, 0.25) is 0 Å². The average molecular weight is 246 g/mol. The lowest BCUT2D eigenvalue weighted by Gasteiger charge is -2.06. The molecule has 2 N–H and O–H groups in total. The highest BCUT2D eigenvalue weighted by Gasteiger charge is 1.99. The number of methoxy groups -OCH3 is 1. The lowest BCUT2D eigenvalue weighted by Crippen LogP contribution is -2.34. The molecular formula is C9H14N2O4S. The minimum absolute atomic E-state index is 0.159. The molecule has 90 valence electrons. The number of rotatable bonds is 5. The van der Waals surface area contributed by atoms with Crippen LogP contribution in [0.25, 0.3) is 0 Å². The number of nitrogens with one attached hydrogen (secondary N) is 2. The number of esters is 2. The van der Waals surface area contributed by atoms with Crippen LogP contribution in [0.4, 0.5) is 0 Å². The van der Waals surface area contributed by atoms with Crippen LogP contribution in [0, 0.1) is 0 Å². The standard InChI is InChI=1S/C9H14N2O4S/c1-10-9(16)11-5-6-15-8(13)4-3-7(12)14-2/h3-4H,5-6H2,1-2H3,(H2,10,11,16)/b4-3+. The maximum atomic E-state index is 11.0. The van der Waals surface area contributed by atoms with Crippen molar-refractivity contribution in [3.63, 3.8) is 0 Å². The second kappa shape index (κ2) is 8.66. The molecule has 0 radical (unpaired) electrons. The summed E-state index contributed by atoms with van der Waals surface area (Å²) in [6.07, 6.45) is 2.00. The number of carbonyl (C=O) groups is 2. The van der Waals surface area contributed by atoms with Crippen molar-refractivity contribution >= 4 is 29.3 Å². The van der Waals surface area contributed by atoms with E-state index in [1.807, 2.05) is 0 Å². The van der Waals surface area contributed by atoms with Crippen LogP contribution in [0.1, 0.15) is 0 Å². The molecule has 0 rings (SSSR count). The zero-order valence-electron chi connectivity index (χ0n) is 9.11. The molecule has 0 aliphatic rings. The van der Waals surface area contributed by atoms with E-state index in [1.165, 1.54) is 7.11 Å². The van der Waals surface area contributed by atoms with Gasteiger partial charge in [-0.2, -0.15) is 0 Å². The molecule has 0 bridgehead atoms. The van der Waals surface area contributed by atoms with E-state index in [0.717, 1.165) is 12.2 Å². The summed E-state index contributed by atoms with van der Waals surface area (Å²) in [4.78, 5) is 21.6.